The van der Waals surface area contributed by atoms with Gasteiger partial charge in [-0.05, 0) is 19.4 Å². The number of ether oxygens (including phenoxy) is 1. The Labute approximate surface area is 167 Å². The van der Waals surface area contributed by atoms with Gasteiger partial charge in [-0.15, -0.1) is 0 Å². The Morgan fingerprint density at radius 1 is 1.07 bits per heavy atom. The van der Waals surface area contributed by atoms with Crippen molar-refractivity contribution in [3.05, 3.63) is 71.5 Å². The number of rotatable bonds is 6. The first-order chi connectivity index (χ1) is 14.1. The van der Waals surface area contributed by atoms with Crippen LogP contribution in [0.1, 0.15) is 17.0 Å². The molecule has 0 radical (unpaired) electrons. The number of benzene rings is 2. The van der Waals surface area contributed by atoms with Crippen molar-refractivity contribution in [2.45, 2.75) is 20.4 Å². The summed E-state index contributed by atoms with van der Waals surface area (Å²) in [4.78, 5) is 20.9. The van der Waals surface area contributed by atoms with Crippen LogP contribution in [0, 0.1) is 13.8 Å². The Balaban J connectivity index is 1.51. The first-order valence-corrected chi connectivity index (χ1v) is 9.24. The maximum Gasteiger partial charge on any atom is 0.265 e. The number of amides is 1. The number of nitrogens with one attached hydrogen (secondary N) is 1. The van der Waals surface area contributed by atoms with E-state index in [0.29, 0.717) is 29.2 Å². The van der Waals surface area contributed by atoms with Crippen LogP contribution >= 0.6 is 0 Å². The maximum absolute atomic E-state index is 12.3. The normalized spacial score (nSPS) is 10.8. The van der Waals surface area contributed by atoms with Gasteiger partial charge in [0.25, 0.3) is 11.6 Å². The van der Waals surface area contributed by atoms with E-state index in [1.165, 1.54) is 0 Å². The summed E-state index contributed by atoms with van der Waals surface area (Å²) >= 11 is 0. The topological polar surface area (TPSA) is 90.1 Å². The van der Waals surface area contributed by atoms with Crippen LogP contribution in [-0.4, -0.2) is 27.6 Å². The molecule has 146 valence electrons. The Kier molecular flexibility index (Phi) is 5.20. The molecule has 2 aromatic heterocycles. The molecule has 4 aromatic rings. The van der Waals surface area contributed by atoms with Crippen LogP contribution < -0.4 is 10.1 Å². The average molecular weight is 388 g/mol. The molecule has 1 amide bonds. The largest absolute Gasteiger partial charge is 0.467 e. The molecule has 0 aliphatic rings. The Hall–Kier alpha value is -3.74. The molecule has 0 bridgehead atoms. The SMILES string of the molecule is Cc1cccc(CNC(=O)COc2nc(C)nc3onc(-c4ccccc4)c23)c1. The van der Waals surface area contributed by atoms with Crippen molar-refractivity contribution < 1.29 is 14.1 Å². The lowest BCUT2D eigenvalue weighted by Gasteiger charge is -2.09. The monoisotopic (exact) mass is 388 g/mol. The van der Waals surface area contributed by atoms with Crippen molar-refractivity contribution in [3.8, 4) is 17.1 Å². The van der Waals surface area contributed by atoms with Gasteiger partial charge in [0.05, 0.1) is 0 Å². The van der Waals surface area contributed by atoms with Crippen molar-refractivity contribution in [2.75, 3.05) is 6.61 Å². The molecule has 7 nitrogen and oxygen atoms in total. The Bertz CT molecular complexity index is 1160. The molecule has 2 heterocycles. The maximum atomic E-state index is 12.3. The number of fused-ring (bicyclic) bond motifs is 1. The lowest BCUT2D eigenvalue weighted by Crippen LogP contribution is -2.28. The van der Waals surface area contributed by atoms with Crippen LogP contribution in [0.5, 0.6) is 5.88 Å². The molecule has 1 N–H and O–H groups in total. The first kappa shape index (κ1) is 18.6. The smallest absolute Gasteiger partial charge is 0.265 e. The zero-order valence-electron chi connectivity index (χ0n) is 16.2. The van der Waals surface area contributed by atoms with Crippen LogP contribution in [0.3, 0.4) is 0 Å². The van der Waals surface area contributed by atoms with Crippen LogP contribution in [0.15, 0.2) is 59.1 Å². The van der Waals surface area contributed by atoms with Crippen molar-refractivity contribution in [1.82, 2.24) is 20.4 Å². The van der Waals surface area contributed by atoms with Gasteiger partial charge in [-0.3, -0.25) is 4.79 Å². The standard InChI is InChI=1S/C22H20N4O3/c1-14-7-6-8-16(11-14)12-23-18(27)13-28-21-19-20(17-9-4-3-5-10-17)26-29-22(19)25-15(2)24-21/h3-11H,12-13H2,1-2H3,(H,23,27). The minimum Gasteiger partial charge on any atom is -0.467 e. The quantitative estimate of drug-likeness (QED) is 0.543. The number of carbonyl (C=O) groups is 1. The van der Waals surface area contributed by atoms with Gasteiger partial charge in [0.15, 0.2) is 6.61 Å². The van der Waals surface area contributed by atoms with E-state index in [4.69, 9.17) is 9.26 Å². The molecule has 2 aromatic carbocycles. The molecule has 0 atom stereocenters. The van der Waals surface area contributed by atoms with Crippen LogP contribution in [0.25, 0.3) is 22.4 Å². The van der Waals surface area contributed by atoms with E-state index in [2.05, 4.69) is 20.4 Å². The van der Waals surface area contributed by atoms with E-state index in [0.717, 1.165) is 16.7 Å². The highest BCUT2D eigenvalue weighted by Crippen LogP contribution is 2.32. The molecule has 7 heteroatoms. The van der Waals surface area contributed by atoms with Gasteiger partial charge in [0, 0.05) is 12.1 Å². The van der Waals surface area contributed by atoms with Crippen molar-refractivity contribution >= 4 is 17.0 Å². The van der Waals surface area contributed by atoms with E-state index >= 15 is 0 Å². The highest BCUT2D eigenvalue weighted by molar-refractivity contribution is 5.93. The number of nitrogens with zero attached hydrogens (tertiary/aromatic N) is 3. The molecule has 0 saturated heterocycles. The predicted octanol–water partition coefficient (Wildman–Crippen LogP) is 3.60. The molecule has 0 fully saturated rings. The molecular formula is C22H20N4O3. The minimum absolute atomic E-state index is 0.170. The average Bonchev–Trinajstić information content (AvgIpc) is 3.15. The summed E-state index contributed by atoms with van der Waals surface area (Å²) in [6.45, 7) is 4.01. The third kappa shape index (κ3) is 4.24. The van der Waals surface area contributed by atoms with Crippen LogP contribution in [0.4, 0.5) is 0 Å². The summed E-state index contributed by atoms with van der Waals surface area (Å²) in [5.74, 6) is 0.510. The lowest BCUT2D eigenvalue weighted by atomic mass is 10.1. The van der Waals surface area contributed by atoms with Gasteiger partial charge in [-0.1, -0.05) is 65.3 Å². The van der Waals surface area contributed by atoms with Gasteiger partial charge < -0.3 is 14.6 Å². The zero-order chi connectivity index (χ0) is 20.2. The van der Waals surface area contributed by atoms with Crippen molar-refractivity contribution in [1.29, 1.82) is 0 Å². The number of aryl methyl sites for hydroxylation is 2. The van der Waals surface area contributed by atoms with E-state index in [9.17, 15) is 4.79 Å². The number of hydrogen-bond acceptors (Lipinski definition) is 6. The summed E-state index contributed by atoms with van der Waals surface area (Å²) in [6.07, 6.45) is 0. The number of hydrogen-bond donors (Lipinski definition) is 1. The van der Waals surface area contributed by atoms with Crippen molar-refractivity contribution in [2.24, 2.45) is 0 Å². The molecule has 0 spiro atoms. The minimum atomic E-state index is -0.242. The summed E-state index contributed by atoms with van der Waals surface area (Å²) < 4.78 is 11.1. The summed E-state index contributed by atoms with van der Waals surface area (Å²) in [6, 6.07) is 17.5. The third-order valence-electron chi connectivity index (χ3n) is 4.37. The molecule has 0 aliphatic carbocycles. The Morgan fingerprint density at radius 2 is 1.90 bits per heavy atom. The number of aromatic nitrogens is 3. The van der Waals surface area contributed by atoms with Crippen LogP contribution in [-0.2, 0) is 11.3 Å². The fourth-order valence-electron chi connectivity index (χ4n) is 3.03. The second-order valence-electron chi connectivity index (χ2n) is 6.71. The van der Waals surface area contributed by atoms with Crippen molar-refractivity contribution in [3.63, 3.8) is 0 Å². The highest BCUT2D eigenvalue weighted by atomic mass is 16.5. The first-order valence-electron chi connectivity index (χ1n) is 9.24. The van der Waals surface area contributed by atoms with Gasteiger partial charge in [-0.2, -0.15) is 9.97 Å². The predicted molar refractivity (Wildman–Crippen MR) is 108 cm³/mol. The molecule has 29 heavy (non-hydrogen) atoms. The summed E-state index contributed by atoms with van der Waals surface area (Å²) in [7, 11) is 0. The van der Waals surface area contributed by atoms with E-state index in [1.54, 1.807) is 6.92 Å². The molecule has 0 saturated carbocycles. The van der Waals surface area contributed by atoms with Gasteiger partial charge in [-0.25, -0.2) is 0 Å². The third-order valence-corrected chi connectivity index (χ3v) is 4.37. The molecular weight excluding hydrogens is 368 g/mol. The van der Waals surface area contributed by atoms with E-state index in [1.807, 2.05) is 61.5 Å². The van der Waals surface area contributed by atoms with Crippen LogP contribution in [0.2, 0.25) is 0 Å². The van der Waals surface area contributed by atoms with Gasteiger partial charge >= 0.3 is 0 Å². The Morgan fingerprint density at radius 3 is 2.69 bits per heavy atom. The summed E-state index contributed by atoms with van der Waals surface area (Å²) in [5.41, 5.74) is 3.94. The highest BCUT2D eigenvalue weighted by Gasteiger charge is 2.19. The van der Waals surface area contributed by atoms with E-state index < -0.39 is 0 Å². The fraction of sp³-hybridized carbons (Fsp3) is 0.182. The zero-order valence-corrected chi connectivity index (χ0v) is 16.2. The molecule has 4 rings (SSSR count). The molecule has 0 unspecified atom stereocenters. The van der Waals surface area contributed by atoms with Gasteiger partial charge in [0.1, 0.15) is 16.9 Å². The van der Waals surface area contributed by atoms with E-state index in [-0.39, 0.29) is 18.4 Å². The van der Waals surface area contributed by atoms with Gasteiger partial charge in [0.2, 0.25) is 5.88 Å². The second-order valence-corrected chi connectivity index (χ2v) is 6.71. The number of carbonyl (C=O) groups excluding carboxylic acids is 1. The fourth-order valence-corrected chi connectivity index (χ4v) is 3.03. The summed E-state index contributed by atoms with van der Waals surface area (Å²) in [5, 5.41) is 7.52. The second kappa shape index (κ2) is 8.10. The lowest BCUT2D eigenvalue weighted by molar-refractivity contribution is -0.123. The molecule has 0 aliphatic heterocycles.